The van der Waals surface area contributed by atoms with Crippen molar-refractivity contribution in [3.63, 3.8) is 0 Å². The van der Waals surface area contributed by atoms with E-state index in [1.54, 1.807) is 0 Å². The van der Waals surface area contributed by atoms with Crippen LogP contribution in [0.25, 0.3) is 0 Å². The van der Waals surface area contributed by atoms with Crippen molar-refractivity contribution < 1.29 is 0 Å². The van der Waals surface area contributed by atoms with Crippen LogP contribution in [0.4, 0.5) is 0 Å². The minimum Gasteiger partial charge on any atom is -0.117 e. The van der Waals surface area contributed by atoms with Gasteiger partial charge in [0.1, 0.15) is 0 Å². The lowest BCUT2D eigenvalue weighted by Crippen LogP contribution is -2.19. The Balaban J connectivity index is 2.15. The first kappa shape index (κ1) is 6.30. The third-order valence-electron chi connectivity index (χ3n) is 2.63. The van der Waals surface area contributed by atoms with E-state index in [4.69, 9.17) is 23.2 Å². The van der Waals surface area contributed by atoms with E-state index in [1.165, 1.54) is 12.8 Å². The van der Waals surface area contributed by atoms with E-state index in [1.807, 2.05) is 0 Å². The summed E-state index contributed by atoms with van der Waals surface area (Å²) in [6, 6.07) is 0. The lowest BCUT2D eigenvalue weighted by atomic mass is 10.00. The molecule has 2 unspecified atom stereocenters. The van der Waals surface area contributed by atoms with Crippen molar-refractivity contribution in [3.05, 3.63) is 0 Å². The molecule has 0 nitrogen and oxygen atoms in total. The Kier molecular flexibility index (Phi) is 1.12. The molecule has 0 aromatic carbocycles. The summed E-state index contributed by atoms with van der Waals surface area (Å²) in [4.78, 5) is 0.0413. The molecule has 0 spiro atoms. The van der Waals surface area contributed by atoms with Crippen LogP contribution in [-0.2, 0) is 0 Å². The van der Waals surface area contributed by atoms with E-state index < -0.39 is 0 Å². The number of alkyl halides is 2. The molecule has 0 heterocycles. The van der Waals surface area contributed by atoms with Crippen molar-refractivity contribution in [1.82, 2.24) is 0 Å². The molecule has 0 saturated heterocycles. The molecule has 0 bridgehead atoms. The summed E-state index contributed by atoms with van der Waals surface area (Å²) in [6.45, 7) is 0. The Morgan fingerprint density at radius 3 is 1.67 bits per heavy atom. The minimum atomic E-state index is 0.0206. The second-order valence-electron chi connectivity index (χ2n) is 3.31. The Morgan fingerprint density at radius 1 is 0.889 bits per heavy atom. The predicted molar refractivity (Wildman–Crippen MR) is 40.3 cm³/mol. The summed E-state index contributed by atoms with van der Waals surface area (Å²) >= 11 is 12.3. The standard InChI is InChI=1S/C7H10Cl2/c8-6-3-1-2-4-7(6,9)5-6/h1-5H2. The van der Waals surface area contributed by atoms with Gasteiger partial charge in [-0.25, -0.2) is 0 Å². The maximum absolute atomic E-state index is 6.16. The zero-order valence-corrected chi connectivity index (χ0v) is 6.80. The molecule has 2 rings (SSSR count). The number of hydrogen-bond donors (Lipinski definition) is 0. The van der Waals surface area contributed by atoms with Crippen LogP contribution in [0.5, 0.6) is 0 Å². The largest absolute Gasteiger partial charge is 0.117 e. The fraction of sp³-hybridized carbons (Fsp3) is 1.00. The molecule has 2 saturated carbocycles. The van der Waals surface area contributed by atoms with Crippen molar-refractivity contribution in [2.75, 3.05) is 0 Å². The first-order chi connectivity index (χ1) is 4.16. The summed E-state index contributed by atoms with van der Waals surface area (Å²) in [7, 11) is 0. The monoisotopic (exact) mass is 164 g/mol. The van der Waals surface area contributed by atoms with Crippen LogP contribution >= 0.6 is 23.2 Å². The molecule has 9 heavy (non-hydrogen) atoms. The van der Waals surface area contributed by atoms with Crippen molar-refractivity contribution in [2.24, 2.45) is 0 Å². The van der Waals surface area contributed by atoms with E-state index in [2.05, 4.69) is 0 Å². The molecule has 0 radical (unpaired) electrons. The highest BCUT2D eigenvalue weighted by molar-refractivity contribution is 6.39. The fourth-order valence-corrected chi connectivity index (χ4v) is 2.82. The molecular formula is C7H10Cl2. The van der Waals surface area contributed by atoms with Crippen molar-refractivity contribution in [2.45, 2.75) is 41.9 Å². The highest BCUT2D eigenvalue weighted by atomic mass is 35.5. The molecule has 2 heteroatoms. The van der Waals surface area contributed by atoms with Gasteiger partial charge in [0.25, 0.3) is 0 Å². The van der Waals surface area contributed by atoms with Crippen molar-refractivity contribution in [1.29, 1.82) is 0 Å². The van der Waals surface area contributed by atoms with E-state index in [9.17, 15) is 0 Å². The maximum Gasteiger partial charge on any atom is 0.0655 e. The number of halogens is 2. The van der Waals surface area contributed by atoms with Crippen LogP contribution < -0.4 is 0 Å². The average Bonchev–Trinajstić information content (AvgIpc) is 2.33. The molecular weight excluding hydrogens is 155 g/mol. The minimum absolute atomic E-state index is 0.0206. The zero-order chi connectivity index (χ0) is 6.54. The predicted octanol–water partition coefficient (Wildman–Crippen LogP) is 2.92. The number of hydrogen-bond acceptors (Lipinski definition) is 0. The fourth-order valence-electron chi connectivity index (χ4n) is 1.84. The number of rotatable bonds is 0. The van der Waals surface area contributed by atoms with Crippen molar-refractivity contribution >= 4 is 23.2 Å². The Morgan fingerprint density at radius 2 is 1.33 bits per heavy atom. The van der Waals surface area contributed by atoms with Gasteiger partial charge in [0.15, 0.2) is 0 Å². The van der Waals surface area contributed by atoms with Gasteiger partial charge in [-0.1, -0.05) is 12.8 Å². The second-order valence-corrected chi connectivity index (χ2v) is 4.76. The van der Waals surface area contributed by atoms with Crippen LogP contribution in [0.1, 0.15) is 32.1 Å². The average molecular weight is 165 g/mol. The van der Waals surface area contributed by atoms with Crippen LogP contribution in [0, 0.1) is 0 Å². The lowest BCUT2D eigenvalue weighted by Gasteiger charge is -2.19. The molecule has 0 amide bonds. The van der Waals surface area contributed by atoms with Crippen LogP contribution in [-0.4, -0.2) is 9.75 Å². The van der Waals surface area contributed by atoms with Crippen molar-refractivity contribution in [3.8, 4) is 0 Å². The lowest BCUT2D eigenvalue weighted by molar-refractivity contribution is 0.517. The summed E-state index contributed by atoms with van der Waals surface area (Å²) in [5, 5.41) is 0. The first-order valence-electron chi connectivity index (χ1n) is 3.54. The highest BCUT2D eigenvalue weighted by Crippen LogP contribution is 2.65. The van der Waals surface area contributed by atoms with Gasteiger partial charge >= 0.3 is 0 Å². The summed E-state index contributed by atoms with van der Waals surface area (Å²) in [5.41, 5.74) is 0. The van der Waals surface area contributed by atoms with Gasteiger partial charge < -0.3 is 0 Å². The van der Waals surface area contributed by atoms with Gasteiger partial charge in [0, 0.05) is 0 Å². The Bertz CT molecular complexity index is 122. The molecule has 2 aliphatic carbocycles. The van der Waals surface area contributed by atoms with Crippen LogP contribution in [0.15, 0.2) is 0 Å². The van der Waals surface area contributed by atoms with Gasteiger partial charge in [-0.2, -0.15) is 0 Å². The first-order valence-corrected chi connectivity index (χ1v) is 4.30. The van der Waals surface area contributed by atoms with Crippen LogP contribution in [0.2, 0.25) is 0 Å². The van der Waals surface area contributed by atoms with Crippen LogP contribution in [0.3, 0.4) is 0 Å². The van der Waals surface area contributed by atoms with E-state index in [-0.39, 0.29) is 9.75 Å². The Labute approximate surface area is 65.5 Å². The molecule has 52 valence electrons. The van der Waals surface area contributed by atoms with Gasteiger partial charge in [-0.3, -0.25) is 0 Å². The van der Waals surface area contributed by atoms with E-state index in [0.717, 1.165) is 19.3 Å². The quantitative estimate of drug-likeness (QED) is 0.484. The SMILES string of the molecule is ClC12CCCCC1(Cl)C2. The summed E-state index contributed by atoms with van der Waals surface area (Å²) in [6.07, 6.45) is 5.87. The molecule has 0 aliphatic heterocycles. The maximum atomic E-state index is 6.16. The topological polar surface area (TPSA) is 0 Å². The van der Waals surface area contributed by atoms with E-state index >= 15 is 0 Å². The van der Waals surface area contributed by atoms with E-state index in [0.29, 0.717) is 0 Å². The normalized spacial score (nSPS) is 56.7. The molecule has 2 atom stereocenters. The Hall–Kier alpha value is 0.580. The van der Waals surface area contributed by atoms with Gasteiger partial charge in [0.05, 0.1) is 9.75 Å². The molecule has 2 aliphatic rings. The van der Waals surface area contributed by atoms with Gasteiger partial charge in [0.2, 0.25) is 0 Å². The zero-order valence-electron chi connectivity index (χ0n) is 5.29. The molecule has 0 N–H and O–H groups in total. The number of fused-ring (bicyclic) bond motifs is 1. The van der Waals surface area contributed by atoms with Gasteiger partial charge in [-0.05, 0) is 19.3 Å². The molecule has 2 fully saturated rings. The third-order valence-corrected chi connectivity index (χ3v) is 4.10. The molecule has 0 aromatic heterocycles. The highest BCUT2D eigenvalue weighted by Gasteiger charge is 2.66. The third kappa shape index (κ3) is 0.729. The summed E-state index contributed by atoms with van der Waals surface area (Å²) < 4.78 is 0. The molecule has 0 aromatic rings. The van der Waals surface area contributed by atoms with Gasteiger partial charge in [-0.15, -0.1) is 23.2 Å². The second kappa shape index (κ2) is 1.60. The summed E-state index contributed by atoms with van der Waals surface area (Å²) in [5.74, 6) is 0. The smallest absolute Gasteiger partial charge is 0.0655 e.